The Morgan fingerprint density at radius 2 is 2.05 bits per heavy atom. The first-order valence-corrected chi connectivity index (χ1v) is 6.80. The van der Waals surface area contributed by atoms with Crippen LogP contribution in [0, 0.1) is 0 Å². The van der Waals surface area contributed by atoms with Crippen molar-refractivity contribution in [3.05, 3.63) is 46.3 Å². The van der Waals surface area contributed by atoms with E-state index in [-0.39, 0.29) is 29.4 Å². The molecule has 0 bridgehead atoms. The molecule has 0 atom stereocenters. The molecule has 3 N–H and O–H groups in total. The summed E-state index contributed by atoms with van der Waals surface area (Å²) in [4.78, 5) is 19.7. The van der Waals surface area contributed by atoms with Crippen LogP contribution < -0.4 is 10.6 Å². The number of hydrogen-bond acceptors (Lipinski definition) is 5. The zero-order valence-electron chi connectivity index (χ0n) is 10.8. The number of nitrogens with one attached hydrogen (secondary N) is 2. The van der Waals surface area contributed by atoms with E-state index in [4.69, 9.17) is 28.3 Å². The molecule has 0 aliphatic rings. The fraction of sp³-hybridized carbons (Fsp3) is 0.154. The van der Waals surface area contributed by atoms with Gasteiger partial charge < -0.3 is 15.7 Å². The van der Waals surface area contributed by atoms with E-state index >= 15 is 0 Å². The molecular weight excluding hydrogens is 315 g/mol. The van der Waals surface area contributed by atoms with Crippen LogP contribution in [-0.2, 0) is 0 Å². The number of anilines is 2. The first-order valence-electron chi connectivity index (χ1n) is 6.05. The summed E-state index contributed by atoms with van der Waals surface area (Å²) in [5.41, 5.74) is 0.918. The number of aliphatic hydroxyl groups excluding tert-OH is 1. The summed E-state index contributed by atoms with van der Waals surface area (Å²) in [6, 6.07) is 6.85. The molecule has 0 aliphatic heterocycles. The van der Waals surface area contributed by atoms with Gasteiger partial charge in [-0.1, -0.05) is 23.7 Å². The maximum absolute atomic E-state index is 12.0. The van der Waals surface area contributed by atoms with Crippen molar-refractivity contribution in [1.29, 1.82) is 0 Å². The molecule has 1 aromatic heterocycles. The van der Waals surface area contributed by atoms with Gasteiger partial charge in [0.1, 0.15) is 5.02 Å². The Labute approximate surface area is 131 Å². The van der Waals surface area contributed by atoms with Crippen molar-refractivity contribution < 1.29 is 9.90 Å². The quantitative estimate of drug-likeness (QED) is 0.733. The molecule has 8 heteroatoms. The molecule has 0 saturated heterocycles. The van der Waals surface area contributed by atoms with Crippen molar-refractivity contribution in [2.45, 2.75) is 0 Å². The summed E-state index contributed by atoms with van der Waals surface area (Å²) >= 11 is 11.7. The molecule has 1 heterocycles. The van der Waals surface area contributed by atoms with Gasteiger partial charge in [-0.25, -0.2) is 4.98 Å². The largest absolute Gasteiger partial charge is 0.395 e. The van der Waals surface area contributed by atoms with E-state index in [2.05, 4.69) is 20.6 Å². The smallest absolute Gasteiger partial charge is 0.253 e. The normalized spacial score (nSPS) is 10.2. The van der Waals surface area contributed by atoms with E-state index in [9.17, 15) is 4.79 Å². The highest BCUT2D eigenvalue weighted by molar-refractivity contribution is 6.33. The Kier molecular flexibility index (Phi) is 5.32. The molecule has 110 valence electrons. The van der Waals surface area contributed by atoms with Crippen molar-refractivity contribution in [3.8, 4) is 0 Å². The lowest BCUT2D eigenvalue weighted by Crippen LogP contribution is -2.27. The van der Waals surface area contributed by atoms with Gasteiger partial charge >= 0.3 is 0 Å². The Hall–Kier alpha value is -1.89. The van der Waals surface area contributed by atoms with E-state index in [1.807, 2.05) is 0 Å². The molecule has 0 spiro atoms. The zero-order valence-corrected chi connectivity index (χ0v) is 12.3. The van der Waals surface area contributed by atoms with Crippen LogP contribution in [0.1, 0.15) is 10.4 Å². The first kappa shape index (κ1) is 15.5. The lowest BCUT2D eigenvalue weighted by molar-refractivity contribution is 0.0945. The Balaban J connectivity index is 2.28. The second-order valence-corrected chi connectivity index (χ2v) is 4.73. The van der Waals surface area contributed by atoms with Gasteiger partial charge in [0, 0.05) is 6.54 Å². The van der Waals surface area contributed by atoms with Gasteiger partial charge in [-0.3, -0.25) is 4.79 Å². The average Bonchev–Trinajstić information content (AvgIpc) is 2.49. The fourth-order valence-corrected chi connectivity index (χ4v) is 1.89. The first-order chi connectivity index (χ1) is 10.1. The maximum Gasteiger partial charge on any atom is 0.253 e. The van der Waals surface area contributed by atoms with E-state index in [0.717, 1.165) is 0 Å². The summed E-state index contributed by atoms with van der Waals surface area (Å²) < 4.78 is 0. The predicted molar refractivity (Wildman–Crippen MR) is 81.2 cm³/mol. The van der Waals surface area contributed by atoms with E-state index in [1.165, 1.54) is 6.20 Å². The molecule has 0 fully saturated rings. The minimum atomic E-state index is -0.316. The highest BCUT2D eigenvalue weighted by Gasteiger charge is 2.12. The van der Waals surface area contributed by atoms with Gasteiger partial charge in [0.2, 0.25) is 5.28 Å². The minimum absolute atomic E-state index is 0.0455. The number of amides is 1. The summed E-state index contributed by atoms with van der Waals surface area (Å²) in [6.07, 6.45) is 1.37. The molecule has 21 heavy (non-hydrogen) atoms. The van der Waals surface area contributed by atoms with Gasteiger partial charge in [-0.05, 0) is 23.7 Å². The van der Waals surface area contributed by atoms with Gasteiger partial charge in [-0.15, -0.1) is 0 Å². The number of carbonyl (C=O) groups excluding carboxylic acids is 1. The van der Waals surface area contributed by atoms with Crippen molar-refractivity contribution in [1.82, 2.24) is 15.3 Å². The Morgan fingerprint density at radius 1 is 1.29 bits per heavy atom. The van der Waals surface area contributed by atoms with Gasteiger partial charge in [0.25, 0.3) is 5.91 Å². The van der Waals surface area contributed by atoms with Crippen molar-refractivity contribution in [2.24, 2.45) is 0 Å². The van der Waals surface area contributed by atoms with E-state index < -0.39 is 0 Å². The van der Waals surface area contributed by atoms with Crippen molar-refractivity contribution in [2.75, 3.05) is 18.5 Å². The Bertz CT molecular complexity index is 652. The monoisotopic (exact) mass is 326 g/mol. The predicted octanol–water partition coefficient (Wildman–Crippen LogP) is 2.25. The lowest BCUT2D eigenvalue weighted by Gasteiger charge is -2.12. The standard InChI is InChI=1S/C13H12Cl2N4O2/c14-9-7-17-13(15)19-11(9)18-10-4-2-1-3-8(10)12(21)16-5-6-20/h1-4,7,20H,5-6H2,(H,16,21)(H,17,18,19). The average molecular weight is 327 g/mol. The number of carbonyl (C=O) groups is 1. The number of rotatable bonds is 5. The summed E-state index contributed by atoms with van der Waals surface area (Å²) in [7, 11) is 0. The van der Waals surface area contributed by atoms with Crippen LogP contribution in [0.3, 0.4) is 0 Å². The third-order valence-corrected chi connectivity index (χ3v) is 3.00. The van der Waals surface area contributed by atoms with Crippen LogP contribution in [-0.4, -0.2) is 34.1 Å². The van der Waals surface area contributed by atoms with Crippen LogP contribution in [0.25, 0.3) is 0 Å². The molecule has 1 aromatic carbocycles. The highest BCUT2D eigenvalue weighted by atomic mass is 35.5. The van der Waals surface area contributed by atoms with Crippen molar-refractivity contribution in [3.63, 3.8) is 0 Å². The molecule has 0 unspecified atom stereocenters. The van der Waals surface area contributed by atoms with E-state index in [1.54, 1.807) is 24.3 Å². The SMILES string of the molecule is O=C(NCCO)c1ccccc1Nc1nc(Cl)ncc1Cl. The van der Waals surface area contributed by atoms with Crippen LogP contribution in [0.4, 0.5) is 11.5 Å². The maximum atomic E-state index is 12.0. The van der Waals surface area contributed by atoms with Gasteiger partial charge in [0.05, 0.1) is 24.1 Å². The second-order valence-electron chi connectivity index (χ2n) is 3.99. The molecule has 0 saturated carbocycles. The van der Waals surface area contributed by atoms with Gasteiger partial charge in [-0.2, -0.15) is 4.98 Å². The molecular formula is C13H12Cl2N4O2. The third kappa shape index (κ3) is 4.04. The number of aliphatic hydroxyl groups is 1. The number of halogens is 2. The minimum Gasteiger partial charge on any atom is -0.395 e. The Morgan fingerprint density at radius 3 is 2.81 bits per heavy atom. The molecule has 2 rings (SSSR count). The van der Waals surface area contributed by atoms with Crippen molar-refractivity contribution >= 4 is 40.6 Å². The number of benzene rings is 1. The van der Waals surface area contributed by atoms with E-state index in [0.29, 0.717) is 17.1 Å². The van der Waals surface area contributed by atoms with Crippen LogP contribution in [0.2, 0.25) is 10.3 Å². The van der Waals surface area contributed by atoms with Crippen LogP contribution >= 0.6 is 23.2 Å². The fourth-order valence-electron chi connectivity index (χ4n) is 1.62. The molecule has 2 aromatic rings. The summed E-state index contributed by atoms with van der Waals surface area (Å²) in [5, 5.41) is 14.6. The molecule has 0 radical (unpaired) electrons. The molecule has 6 nitrogen and oxygen atoms in total. The lowest BCUT2D eigenvalue weighted by atomic mass is 10.1. The number of para-hydroxylation sites is 1. The van der Waals surface area contributed by atoms with Crippen LogP contribution in [0.5, 0.6) is 0 Å². The molecule has 0 aliphatic carbocycles. The molecule has 1 amide bonds. The number of hydrogen-bond donors (Lipinski definition) is 3. The summed E-state index contributed by atoms with van der Waals surface area (Å²) in [6.45, 7) is 0.0436. The number of nitrogens with zero attached hydrogens (tertiary/aromatic N) is 2. The highest BCUT2D eigenvalue weighted by Crippen LogP contribution is 2.25. The zero-order chi connectivity index (χ0) is 15.2. The summed E-state index contributed by atoms with van der Waals surface area (Å²) in [5.74, 6) is -0.0116. The topological polar surface area (TPSA) is 87.1 Å². The number of aromatic nitrogens is 2. The van der Waals surface area contributed by atoms with Crippen LogP contribution in [0.15, 0.2) is 30.5 Å². The third-order valence-electron chi connectivity index (χ3n) is 2.54. The van der Waals surface area contributed by atoms with Gasteiger partial charge in [0.15, 0.2) is 5.82 Å². The second kappa shape index (κ2) is 7.21.